The summed E-state index contributed by atoms with van der Waals surface area (Å²) < 4.78 is 20.6. The average molecular weight is 346 g/mol. The van der Waals surface area contributed by atoms with Crippen molar-refractivity contribution >= 4 is 11.8 Å². The minimum atomic E-state index is -1.74. The Hall–Kier alpha value is -1.95. The minimum absolute atomic E-state index is 0.125. The molecule has 3 aliphatic rings. The standard InChI is InChI=1S/C19H23FN2O3/c1-21-12-15(14-6-3-2-4-7-14)19(17(21)24)13-22(10-11-25-19)16(23)18(20)8-5-9-18/h2-4,6-7,15H,5,8-13H2,1H3. The second-order valence-corrected chi connectivity index (χ2v) is 7.43. The van der Waals surface area contributed by atoms with Crippen LogP contribution in [0.25, 0.3) is 0 Å². The summed E-state index contributed by atoms with van der Waals surface area (Å²) in [5.74, 6) is -0.769. The number of carbonyl (C=O) groups is 2. The summed E-state index contributed by atoms with van der Waals surface area (Å²) in [6.07, 6.45) is 1.31. The molecule has 5 nitrogen and oxygen atoms in total. The maximum atomic E-state index is 14.6. The number of halogens is 1. The van der Waals surface area contributed by atoms with E-state index in [4.69, 9.17) is 4.74 Å². The molecule has 2 saturated heterocycles. The van der Waals surface area contributed by atoms with Gasteiger partial charge in [0.05, 0.1) is 13.2 Å². The van der Waals surface area contributed by atoms with Crippen LogP contribution in [-0.2, 0) is 14.3 Å². The topological polar surface area (TPSA) is 49.9 Å². The van der Waals surface area contributed by atoms with Gasteiger partial charge in [0, 0.05) is 26.1 Å². The fourth-order valence-corrected chi connectivity index (χ4v) is 4.28. The lowest BCUT2D eigenvalue weighted by Crippen LogP contribution is -2.62. The lowest BCUT2D eigenvalue weighted by atomic mass is 9.79. The van der Waals surface area contributed by atoms with E-state index in [0.717, 1.165) is 12.0 Å². The third-order valence-corrected chi connectivity index (χ3v) is 5.89. The Morgan fingerprint density at radius 3 is 2.64 bits per heavy atom. The van der Waals surface area contributed by atoms with Crippen molar-refractivity contribution in [3.8, 4) is 0 Å². The molecule has 0 bridgehead atoms. The number of morpholine rings is 1. The van der Waals surface area contributed by atoms with Crippen LogP contribution in [0.15, 0.2) is 30.3 Å². The van der Waals surface area contributed by atoms with Gasteiger partial charge in [0.15, 0.2) is 11.3 Å². The molecular weight excluding hydrogens is 323 g/mol. The van der Waals surface area contributed by atoms with Gasteiger partial charge in [-0.1, -0.05) is 30.3 Å². The number of likely N-dealkylation sites (N-methyl/N-ethyl adjacent to an activating group) is 1. The zero-order valence-corrected chi connectivity index (χ0v) is 14.4. The van der Waals surface area contributed by atoms with E-state index in [1.807, 2.05) is 30.3 Å². The number of likely N-dealkylation sites (tertiary alicyclic amines) is 1. The summed E-state index contributed by atoms with van der Waals surface area (Å²) in [7, 11) is 1.75. The molecule has 1 aromatic rings. The Morgan fingerprint density at radius 2 is 2.00 bits per heavy atom. The monoisotopic (exact) mass is 346 g/mol. The van der Waals surface area contributed by atoms with Crippen molar-refractivity contribution in [3.63, 3.8) is 0 Å². The number of hydrogen-bond acceptors (Lipinski definition) is 3. The number of benzene rings is 1. The Bertz CT molecular complexity index is 691. The van der Waals surface area contributed by atoms with Crippen LogP contribution in [0.4, 0.5) is 4.39 Å². The number of rotatable bonds is 2. The first kappa shape index (κ1) is 16.5. The molecule has 2 unspecified atom stereocenters. The summed E-state index contributed by atoms with van der Waals surface area (Å²) >= 11 is 0. The zero-order chi connectivity index (χ0) is 17.7. The zero-order valence-electron chi connectivity index (χ0n) is 14.4. The summed E-state index contributed by atoms with van der Waals surface area (Å²) in [6.45, 7) is 1.25. The molecule has 2 atom stereocenters. The third-order valence-electron chi connectivity index (χ3n) is 5.89. The normalized spacial score (nSPS) is 31.3. The largest absolute Gasteiger partial charge is 0.361 e. The second-order valence-electron chi connectivity index (χ2n) is 7.43. The molecule has 1 aliphatic carbocycles. The predicted molar refractivity (Wildman–Crippen MR) is 89.8 cm³/mol. The first-order chi connectivity index (χ1) is 12.0. The maximum absolute atomic E-state index is 14.6. The first-order valence-electron chi connectivity index (χ1n) is 8.89. The second kappa shape index (κ2) is 5.80. The molecule has 1 saturated carbocycles. The quantitative estimate of drug-likeness (QED) is 0.820. The highest BCUT2D eigenvalue weighted by atomic mass is 19.1. The van der Waals surface area contributed by atoms with Gasteiger partial charge in [0.1, 0.15) is 0 Å². The van der Waals surface area contributed by atoms with Crippen LogP contribution in [0.3, 0.4) is 0 Å². The fourth-order valence-electron chi connectivity index (χ4n) is 4.28. The SMILES string of the molecule is CN1CC(c2ccccc2)C2(CN(C(=O)C3(F)CCC3)CCO2)C1=O. The van der Waals surface area contributed by atoms with Crippen molar-refractivity contribution < 1.29 is 18.7 Å². The van der Waals surface area contributed by atoms with Gasteiger partial charge in [0.2, 0.25) is 0 Å². The molecule has 4 rings (SSSR count). The summed E-state index contributed by atoms with van der Waals surface area (Å²) in [6, 6.07) is 9.75. The van der Waals surface area contributed by atoms with Crippen LogP contribution in [0.2, 0.25) is 0 Å². The minimum Gasteiger partial charge on any atom is -0.361 e. The van der Waals surface area contributed by atoms with E-state index in [0.29, 0.717) is 13.1 Å². The van der Waals surface area contributed by atoms with E-state index in [1.54, 1.807) is 11.9 Å². The van der Waals surface area contributed by atoms with Gasteiger partial charge in [-0.05, 0) is 24.8 Å². The molecule has 0 N–H and O–H groups in total. The molecule has 2 aliphatic heterocycles. The van der Waals surface area contributed by atoms with E-state index in [9.17, 15) is 14.0 Å². The van der Waals surface area contributed by atoms with E-state index in [-0.39, 0.29) is 37.8 Å². The third kappa shape index (κ3) is 2.46. The molecule has 0 radical (unpaired) electrons. The van der Waals surface area contributed by atoms with Crippen LogP contribution in [0.1, 0.15) is 30.7 Å². The summed E-state index contributed by atoms with van der Waals surface area (Å²) in [4.78, 5) is 28.7. The lowest BCUT2D eigenvalue weighted by molar-refractivity contribution is -0.175. The van der Waals surface area contributed by atoms with Gasteiger partial charge in [-0.2, -0.15) is 0 Å². The molecule has 1 spiro atoms. The van der Waals surface area contributed by atoms with Gasteiger partial charge >= 0.3 is 0 Å². The van der Waals surface area contributed by atoms with Gasteiger partial charge in [0.25, 0.3) is 11.8 Å². The Balaban J connectivity index is 1.65. The molecular formula is C19H23FN2O3. The van der Waals surface area contributed by atoms with Crippen LogP contribution < -0.4 is 0 Å². The highest BCUT2D eigenvalue weighted by Crippen LogP contribution is 2.43. The average Bonchev–Trinajstić information content (AvgIpc) is 2.85. The lowest BCUT2D eigenvalue weighted by Gasteiger charge is -2.45. The van der Waals surface area contributed by atoms with Crippen molar-refractivity contribution in [2.45, 2.75) is 36.5 Å². The fraction of sp³-hybridized carbons (Fsp3) is 0.579. The maximum Gasteiger partial charge on any atom is 0.260 e. The number of alkyl halides is 1. The van der Waals surface area contributed by atoms with Gasteiger partial charge in [-0.3, -0.25) is 9.59 Å². The summed E-state index contributed by atoms with van der Waals surface area (Å²) in [5.41, 5.74) is -1.84. The molecule has 134 valence electrons. The van der Waals surface area contributed by atoms with Crippen molar-refractivity contribution in [1.29, 1.82) is 0 Å². The molecule has 1 aromatic carbocycles. The first-order valence-corrected chi connectivity index (χ1v) is 8.89. The van der Waals surface area contributed by atoms with Crippen molar-refractivity contribution in [2.24, 2.45) is 0 Å². The van der Waals surface area contributed by atoms with E-state index in [2.05, 4.69) is 0 Å². The molecule has 2 amide bonds. The van der Waals surface area contributed by atoms with Gasteiger partial charge < -0.3 is 14.5 Å². The highest BCUT2D eigenvalue weighted by Gasteiger charge is 2.59. The van der Waals surface area contributed by atoms with E-state index in [1.165, 1.54) is 4.90 Å². The summed E-state index contributed by atoms with van der Waals surface area (Å²) in [5, 5.41) is 0. The van der Waals surface area contributed by atoms with Crippen molar-refractivity contribution in [1.82, 2.24) is 9.80 Å². The highest BCUT2D eigenvalue weighted by molar-refractivity contribution is 5.92. The Morgan fingerprint density at radius 1 is 1.28 bits per heavy atom. The number of carbonyl (C=O) groups excluding carboxylic acids is 2. The van der Waals surface area contributed by atoms with E-state index >= 15 is 0 Å². The Labute approximate surface area is 146 Å². The molecule has 2 heterocycles. The van der Waals surface area contributed by atoms with E-state index < -0.39 is 17.2 Å². The number of ether oxygens (including phenoxy) is 1. The number of hydrogen-bond donors (Lipinski definition) is 0. The predicted octanol–water partition coefficient (Wildman–Crippen LogP) is 1.73. The van der Waals surface area contributed by atoms with Gasteiger partial charge in [-0.15, -0.1) is 0 Å². The van der Waals surface area contributed by atoms with Crippen molar-refractivity contribution in [2.75, 3.05) is 33.3 Å². The van der Waals surface area contributed by atoms with Crippen LogP contribution >= 0.6 is 0 Å². The van der Waals surface area contributed by atoms with Crippen LogP contribution in [0.5, 0.6) is 0 Å². The molecule has 25 heavy (non-hydrogen) atoms. The van der Waals surface area contributed by atoms with Crippen molar-refractivity contribution in [3.05, 3.63) is 35.9 Å². The van der Waals surface area contributed by atoms with Crippen LogP contribution in [-0.4, -0.2) is 66.2 Å². The molecule has 3 fully saturated rings. The number of amides is 2. The number of nitrogens with zero attached hydrogens (tertiary/aromatic N) is 2. The molecule has 0 aromatic heterocycles. The van der Waals surface area contributed by atoms with Crippen LogP contribution in [0, 0.1) is 0 Å². The van der Waals surface area contributed by atoms with Gasteiger partial charge in [-0.25, -0.2) is 4.39 Å². The smallest absolute Gasteiger partial charge is 0.260 e. The Kier molecular flexibility index (Phi) is 3.83. The molecule has 6 heteroatoms.